The number of benzene rings is 1. The first kappa shape index (κ1) is 16.7. The number of aromatic nitrogens is 3. The van der Waals surface area contributed by atoms with Crippen LogP contribution >= 0.6 is 0 Å². The van der Waals surface area contributed by atoms with E-state index in [9.17, 15) is 0 Å². The second-order valence-electron chi connectivity index (χ2n) is 6.64. The van der Waals surface area contributed by atoms with Crippen molar-refractivity contribution in [3.63, 3.8) is 0 Å². The third-order valence-electron chi connectivity index (χ3n) is 4.62. The van der Waals surface area contributed by atoms with Gasteiger partial charge in [-0.25, -0.2) is 0 Å². The molecule has 3 aromatic rings. The number of pyridine rings is 1. The molecule has 1 aromatic carbocycles. The molecule has 6 nitrogen and oxygen atoms in total. The molecule has 4 rings (SSSR count). The van der Waals surface area contributed by atoms with Gasteiger partial charge in [-0.2, -0.15) is 4.98 Å². The fraction of sp³-hybridized carbons (Fsp3) is 0.350. The Hall–Kier alpha value is -2.73. The van der Waals surface area contributed by atoms with Gasteiger partial charge in [0.05, 0.1) is 6.61 Å². The van der Waals surface area contributed by atoms with Gasteiger partial charge in [-0.3, -0.25) is 4.98 Å². The molecule has 6 heteroatoms. The highest BCUT2D eigenvalue weighted by atomic mass is 16.5. The molecule has 0 aliphatic carbocycles. The molecule has 0 spiro atoms. The summed E-state index contributed by atoms with van der Waals surface area (Å²) in [5.74, 6) is 2.46. The summed E-state index contributed by atoms with van der Waals surface area (Å²) >= 11 is 0. The molecule has 1 aliphatic rings. The van der Waals surface area contributed by atoms with Crippen molar-refractivity contribution in [2.75, 3.05) is 19.7 Å². The van der Waals surface area contributed by atoms with Crippen molar-refractivity contribution in [3.8, 4) is 28.6 Å². The van der Waals surface area contributed by atoms with Gasteiger partial charge in [0.15, 0.2) is 0 Å². The van der Waals surface area contributed by atoms with E-state index >= 15 is 0 Å². The Balaban J connectivity index is 1.47. The highest BCUT2D eigenvalue weighted by Crippen LogP contribution is 2.25. The number of hydrogen-bond acceptors (Lipinski definition) is 6. The summed E-state index contributed by atoms with van der Waals surface area (Å²) in [7, 11) is 0. The summed E-state index contributed by atoms with van der Waals surface area (Å²) in [6.45, 7) is 4.84. The summed E-state index contributed by atoms with van der Waals surface area (Å²) in [5, 5.41) is 7.44. The van der Waals surface area contributed by atoms with Gasteiger partial charge in [0.25, 0.3) is 5.89 Å². The molecule has 0 unspecified atom stereocenters. The number of hydrogen-bond donors (Lipinski definition) is 1. The number of nitrogens with one attached hydrogen (secondary N) is 1. The Morgan fingerprint density at radius 2 is 2.04 bits per heavy atom. The van der Waals surface area contributed by atoms with Crippen molar-refractivity contribution in [3.05, 3.63) is 48.3 Å². The highest BCUT2D eigenvalue weighted by Gasteiger charge is 2.15. The summed E-state index contributed by atoms with van der Waals surface area (Å²) in [6, 6.07) is 11.7. The maximum atomic E-state index is 5.98. The molecule has 134 valence electrons. The molecule has 0 amide bonds. The first-order valence-corrected chi connectivity index (χ1v) is 8.98. The van der Waals surface area contributed by atoms with Crippen LogP contribution in [0.1, 0.15) is 18.5 Å². The van der Waals surface area contributed by atoms with E-state index in [-0.39, 0.29) is 0 Å². The highest BCUT2D eigenvalue weighted by molar-refractivity contribution is 5.60. The number of piperidine rings is 1. The van der Waals surface area contributed by atoms with Crippen molar-refractivity contribution in [2.45, 2.75) is 19.8 Å². The van der Waals surface area contributed by atoms with E-state index in [0.29, 0.717) is 17.6 Å². The van der Waals surface area contributed by atoms with E-state index < -0.39 is 0 Å². The molecule has 0 bridgehead atoms. The Labute approximate surface area is 152 Å². The molecular formula is C20H22N4O2. The molecule has 1 saturated heterocycles. The molecular weight excluding hydrogens is 328 g/mol. The lowest BCUT2D eigenvalue weighted by Crippen LogP contribution is -2.30. The lowest BCUT2D eigenvalue weighted by Gasteiger charge is -2.22. The minimum Gasteiger partial charge on any atom is -0.493 e. The summed E-state index contributed by atoms with van der Waals surface area (Å²) in [5.41, 5.74) is 2.65. The molecule has 1 N–H and O–H groups in total. The van der Waals surface area contributed by atoms with Gasteiger partial charge in [0.2, 0.25) is 5.82 Å². The van der Waals surface area contributed by atoms with E-state index in [0.717, 1.165) is 55.1 Å². The zero-order valence-electron chi connectivity index (χ0n) is 14.8. The van der Waals surface area contributed by atoms with E-state index in [1.807, 2.05) is 43.3 Å². The van der Waals surface area contributed by atoms with Gasteiger partial charge in [0.1, 0.15) is 5.75 Å². The molecule has 1 fully saturated rings. The van der Waals surface area contributed by atoms with Crippen molar-refractivity contribution in [2.24, 2.45) is 5.92 Å². The van der Waals surface area contributed by atoms with Crippen LogP contribution in [0.5, 0.6) is 5.75 Å². The van der Waals surface area contributed by atoms with Gasteiger partial charge in [-0.15, -0.1) is 0 Å². The number of rotatable bonds is 5. The van der Waals surface area contributed by atoms with Crippen LogP contribution in [-0.2, 0) is 0 Å². The smallest absolute Gasteiger partial charge is 0.258 e. The van der Waals surface area contributed by atoms with Gasteiger partial charge < -0.3 is 14.6 Å². The predicted octanol–water partition coefficient (Wildman–Crippen LogP) is 3.49. The SMILES string of the molecule is Cc1ccc(-c2noc(-c3cccc(OCC4CCNCC4)c3)n2)cn1. The van der Waals surface area contributed by atoms with E-state index in [2.05, 4.69) is 20.4 Å². The minimum atomic E-state index is 0.480. The Morgan fingerprint density at radius 3 is 2.85 bits per heavy atom. The summed E-state index contributed by atoms with van der Waals surface area (Å²) < 4.78 is 11.4. The fourth-order valence-corrected chi connectivity index (χ4v) is 3.04. The molecule has 0 atom stereocenters. The number of aryl methyl sites for hydroxylation is 1. The maximum absolute atomic E-state index is 5.98. The molecule has 0 saturated carbocycles. The molecule has 1 aliphatic heterocycles. The first-order chi connectivity index (χ1) is 12.8. The molecule has 26 heavy (non-hydrogen) atoms. The predicted molar refractivity (Wildman–Crippen MR) is 98.8 cm³/mol. The lowest BCUT2D eigenvalue weighted by molar-refractivity contribution is 0.215. The maximum Gasteiger partial charge on any atom is 0.258 e. The van der Waals surface area contributed by atoms with Gasteiger partial charge in [-0.05, 0) is 69.1 Å². The number of nitrogens with zero attached hydrogens (tertiary/aromatic N) is 3. The van der Waals surface area contributed by atoms with E-state index in [1.165, 1.54) is 0 Å². The number of ether oxygens (including phenoxy) is 1. The van der Waals surface area contributed by atoms with Crippen LogP contribution in [0, 0.1) is 12.8 Å². The lowest BCUT2D eigenvalue weighted by atomic mass is 9.99. The van der Waals surface area contributed by atoms with Crippen LogP contribution in [0.25, 0.3) is 22.8 Å². The normalized spacial score (nSPS) is 15.1. The molecule has 0 radical (unpaired) electrons. The van der Waals surface area contributed by atoms with Crippen molar-refractivity contribution in [1.29, 1.82) is 0 Å². The van der Waals surface area contributed by atoms with Crippen molar-refractivity contribution in [1.82, 2.24) is 20.4 Å². The average molecular weight is 350 g/mol. The Morgan fingerprint density at radius 1 is 1.15 bits per heavy atom. The average Bonchev–Trinajstić information content (AvgIpc) is 3.18. The summed E-state index contributed by atoms with van der Waals surface area (Å²) in [6.07, 6.45) is 4.08. The van der Waals surface area contributed by atoms with Gasteiger partial charge in [-0.1, -0.05) is 11.2 Å². The minimum absolute atomic E-state index is 0.480. The monoisotopic (exact) mass is 350 g/mol. The third kappa shape index (κ3) is 3.91. The van der Waals surface area contributed by atoms with Crippen molar-refractivity contribution < 1.29 is 9.26 Å². The van der Waals surface area contributed by atoms with Crippen LogP contribution in [0.2, 0.25) is 0 Å². The van der Waals surface area contributed by atoms with E-state index in [4.69, 9.17) is 9.26 Å². The zero-order valence-corrected chi connectivity index (χ0v) is 14.8. The largest absolute Gasteiger partial charge is 0.493 e. The van der Waals surface area contributed by atoms with E-state index in [1.54, 1.807) is 6.20 Å². The zero-order chi connectivity index (χ0) is 17.8. The van der Waals surface area contributed by atoms with Crippen LogP contribution < -0.4 is 10.1 Å². The second kappa shape index (κ2) is 7.66. The van der Waals surface area contributed by atoms with Crippen LogP contribution in [-0.4, -0.2) is 34.8 Å². The standard InChI is InChI=1S/C20H22N4O2/c1-14-5-6-17(12-22-14)19-23-20(26-24-19)16-3-2-4-18(11-16)25-13-15-7-9-21-10-8-15/h2-6,11-12,15,21H,7-10,13H2,1H3. The quantitative estimate of drug-likeness (QED) is 0.759. The Kier molecular flexibility index (Phi) is 4.93. The van der Waals surface area contributed by atoms with Crippen LogP contribution in [0.15, 0.2) is 47.1 Å². The molecule has 2 aromatic heterocycles. The van der Waals surface area contributed by atoms with Crippen LogP contribution in [0.3, 0.4) is 0 Å². The topological polar surface area (TPSA) is 73.1 Å². The van der Waals surface area contributed by atoms with Gasteiger partial charge >= 0.3 is 0 Å². The van der Waals surface area contributed by atoms with Crippen LogP contribution in [0.4, 0.5) is 0 Å². The van der Waals surface area contributed by atoms with Crippen molar-refractivity contribution >= 4 is 0 Å². The Bertz CT molecular complexity index is 854. The summed E-state index contributed by atoms with van der Waals surface area (Å²) in [4.78, 5) is 8.76. The van der Waals surface area contributed by atoms with Gasteiger partial charge in [0, 0.05) is 23.0 Å². The third-order valence-corrected chi connectivity index (χ3v) is 4.62. The second-order valence-corrected chi connectivity index (χ2v) is 6.64. The first-order valence-electron chi connectivity index (χ1n) is 8.98. The fourth-order valence-electron chi connectivity index (χ4n) is 3.04. The molecule has 3 heterocycles.